The molecule has 2 heterocycles. The quantitative estimate of drug-likeness (QED) is 0.714. The van der Waals surface area contributed by atoms with Gasteiger partial charge in [-0.3, -0.25) is 4.90 Å². The van der Waals surface area contributed by atoms with Crippen molar-refractivity contribution in [3.8, 4) is 0 Å². The number of hydrogen-bond donors (Lipinski definition) is 0. The van der Waals surface area contributed by atoms with Crippen molar-refractivity contribution in [2.75, 3.05) is 19.0 Å². The van der Waals surface area contributed by atoms with Crippen molar-refractivity contribution in [1.82, 2.24) is 4.90 Å². The molecule has 0 aromatic rings. The highest BCUT2D eigenvalue weighted by Gasteiger charge is 2.51. The maximum absolute atomic E-state index is 5.57. The molecular formula is C14H27NOS. The molecule has 1 spiro atoms. The molecule has 3 heteroatoms. The molecule has 0 aromatic heterocycles. The van der Waals surface area contributed by atoms with E-state index >= 15 is 0 Å². The predicted octanol–water partition coefficient (Wildman–Crippen LogP) is 3.37. The predicted molar refractivity (Wildman–Crippen MR) is 75.5 cm³/mol. The lowest BCUT2D eigenvalue weighted by atomic mass is 9.84. The van der Waals surface area contributed by atoms with Gasteiger partial charge in [-0.2, -0.15) is 0 Å². The van der Waals surface area contributed by atoms with E-state index in [1.807, 2.05) is 0 Å². The zero-order chi connectivity index (χ0) is 12.7. The first-order valence-electron chi connectivity index (χ1n) is 6.87. The van der Waals surface area contributed by atoms with Gasteiger partial charge in [-0.25, -0.2) is 0 Å². The average molecular weight is 257 g/mol. The highest BCUT2D eigenvalue weighted by atomic mass is 32.2. The first-order chi connectivity index (χ1) is 7.87. The molecule has 2 fully saturated rings. The zero-order valence-corrected chi connectivity index (χ0v) is 12.8. The second kappa shape index (κ2) is 4.75. The van der Waals surface area contributed by atoms with Gasteiger partial charge in [0.2, 0.25) is 0 Å². The molecule has 0 amide bonds. The van der Waals surface area contributed by atoms with Gasteiger partial charge in [0.15, 0.2) is 0 Å². The topological polar surface area (TPSA) is 12.5 Å². The van der Waals surface area contributed by atoms with Gasteiger partial charge in [-0.05, 0) is 32.1 Å². The summed E-state index contributed by atoms with van der Waals surface area (Å²) in [5, 5.41) is 0. The SMILES string of the molecule is CC(C)N1[C@H](C(C)(C)C)CSC12CCOCC2. The zero-order valence-electron chi connectivity index (χ0n) is 12.0. The lowest BCUT2D eigenvalue weighted by Gasteiger charge is -2.47. The van der Waals surface area contributed by atoms with E-state index in [9.17, 15) is 0 Å². The molecule has 0 saturated carbocycles. The van der Waals surface area contributed by atoms with Crippen LogP contribution in [0.3, 0.4) is 0 Å². The lowest BCUT2D eigenvalue weighted by molar-refractivity contribution is -0.0243. The number of rotatable bonds is 1. The second-order valence-corrected chi connectivity index (χ2v) is 8.13. The first-order valence-corrected chi connectivity index (χ1v) is 7.85. The summed E-state index contributed by atoms with van der Waals surface area (Å²) in [5.74, 6) is 1.28. The summed E-state index contributed by atoms with van der Waals surface area (Å²) < 4.78 is 5.57. The molecular weight excluding hydrogens is 230 g/mol. The molecule has 0 radical (unpaired) electrons. The molecule has 2 aliphatic heterocycles. The summed E-state index contributed by atoms with van der Waals surface area (Å²) >= 11 is 2.18. The maximum Gasteiger partial charge on any atom is 0.0719 e. The fourth-order valence-electron chi connectivity index (χ4n) is 3.26. The smallest absolute Gasteiger partial charge is 0.0719 e. The molecule has 0 N–H and O–H groups in total. The van der Waals surface area contributed by atoms with E-state index in [4.69, 9.17) is 4.74 Å². The summed E-state index contributed by atoms with van der Waals surface area (Å²) in [7, 11) is 0. The number of ether oxygens (including phenoxy) is 1. The van der Waals surface area contributed by atoms with E-state index in [2.05, 4.69) is 51.3 Å². The summed E-state index contributed by atoms with van der Waals surface area (Å²) in [6.07, 6.45) is 2.39. The Kier molecular flexibility index (Phi) is 3.82. The Morgan fingerprint density at radius 1 is 1.24 bits per heavy atom. The number of hydrogen-bond acceptors (Lipinski definition) is 3. The summed E-state index contributed by atoms with van der Waals surface area (Å²) in [4.78, 5) is 3.16. The summed E-state index contributed by atoms with van der Waals surface area (Å²) in [5.41, 5.74) is 0.374. The highest BCUT2D eigenvalue weighted by Crippen LogP contribution is 2.50. The van der Waals surface area contributed by atoms with Gasteiger partial charge in [0, 0.05) is 31.1 Å². The summed E-state index contributed by atoms with van der Waals surface area (Å²) in [6, 6.07) is 1.33. The van der Waals surface area contributed by atoms with Crippen LogP contribution in [0.15, 0.2) is 0 Å². The minimum atomic E-state index is 0.365. The fourth-order valence-corrected chi connectivity index (χ4v) is 5.33. The van der Waals surface area contributed by atoms with Crippen LogP contribution < -0.4 is 0 Å². The Labute approximate surface area is 110 Å². The normalized spacial score (nSPS) is 30.4. The van der Waals surface area contributed by atoms with Gasteiger partial charge >= 0.3 is 0 Å². The van der Waals surface area contributed by atoms with Gasteiger partial charge < -0.3 is 4.74 Å². The molecule has 2 aliphatic rings. The Hall–Kier alpha value is 0.270. The van der Waals surface area contributed by atoms with Crippen LogP contribution in [0, 0.1) is 5.41 Å². The van der Waals surface area contributed by atoms with Crippen molar-refractivity contribution < 1.29 is 4.74 Å². The van der Waals surface area contributed by atoms with Crippen molar-refractivity contribution >= 4 is 11.8 Å². The van der Waals surface area contributed by atoms with E-state index in [1.165, 1.54) is 18.6 Å². The molecule has 100 valence electrons. The molecule has 2 saturated heterocycles. The van der Waals surface area contributed by atoms with E-state index in [-0.39, 0.29) is 0 Å². The molecule has 1 atom stereocenters. The second-order valence-electron chi connectivity index (χ2n) is 6.75. The van der Waals surface area contributed by atoms with Crippen LogP contribution in [0.25, 0.3) is 0 Å². The van der Waals surface area contributed by atoms with Crippen LogP contribution in [0.1, 0.15) is 47.5 Å². The monoisotopic (exact) mass is 257 g/mol. The molecule has 0 unspecified atom stereocenters. The minimum Gasteiger partial charge on any atom is -0.381 e. The van der Waals surface area contributed by atoms with Crippen molar-refractivity contribution in [3.05, 3.63) is 0 Å². The Balaban J connectivity index is 2.24. The van der Waals surface area contributed by atoms with Crippen LogP contribution in [-0.4, -0.2) is 40.8 Å². The summed E-state index contributed by atoms with van der Waals surface area (Å²) in [6.45, 7) is 13.7. The van der Waals surface area contributed by atoms with E-state index in [1.54, 1.807) is 0 Å². The van der Waals surface area contributed by atoms with Crippen LogP contribution in [-0.2, 0) is 4.74 Å². The number of thioether (sulfide) groups is 1. The van der Waals surface area contributed by atoms with Crippen LogP contribution in [0.4, 0.5) is 0 Å². The third-order valence-corrected chi connectivity index (χ3v) is 5.79. The fraction of sp³-hybridized carbons (Fsp3) is 1.00. The molecule has 0 bridgehead atoms. The molecule has 0 aromatic carbocycles. The van der Waals surface area contributed by atoms with E-state index < -0.39 is 0 Å². The van der Waals surface area contributed by atoms with Crippen molar-refractivity contribution in [2.24, 2.45) is 5.41 Å². The van der Waals surface area contributed by atoms with Crippen molar-refractivity contribution in [3.63, 3.8) is 0 Å². The van der Waals surface area contributed by atoms with E-state index in [0.717, 1.165) is 13.2 Å². The van der Waals surface area contributed by atoms with Crippen LogP contribution in [0.5, 0.6) is 0 Å². The Morgan fingerprint density at radius 3 is 2.29 bits per heavy atom. The average Bonchev–Trinajstić information content (AvgIpc) is 2.58. The van der Waals surface area contributed by atoms with Crippen LogP contribution >= 0.6 is 11.8 Å². The van der Waals surface area contributed by atoms with E-state index in [0.29, 0.717) is 22.4 Å². The highest BCUT2D eigenvalue weighted by molar-refractivity contribution is 8.00. The molecule has 2 rings (SSSR count). The van der Waals surface area contributed by atoms with Crippen molar-refractivity contribution in [2.45, 2.75) is 64.4 Å². The maximum atomic E-state index is 5.57. The molecule has 17 heavy (non-hydrogen) atoms. The van der Waals surface area contributed by atoms with Crippen molar-refractivity contribution in [1.29, 1.82) is 0 Å². The number of nitrogens with zero attached hydrogens (tertiary/aromatic N) is 1. The van der Waals surface area contributed by atoms with Gasteiger partial charge in [-0.1, -0.05) is 20.8 Å². The lowest BCUT2D eigenvalue weighted by Crippen LogP contribution is -2.55. The van der Waals surface area contributed by atoms with Gasteiger partial charge in [0.1, 0.15) is 0 Å². The van der Waals surface area contributed by atoms with Gasteiger partial charge in [-0.15, -0.1) is 11.8 Å². The minimum absolute atomic E-state index is 0.365. The van der Waals surface area contributed by atoms with Gasteiger partial charge in [0.25, 0.3) is 0 Å². The van der Waals surface area contributed by atoms with Gasteiger partial charge in [0.05, 0.1) is 4.87 Å². The Bertz CT molecular complexity index is 266. The third-order valence-electron chi connectivity index (χ3n) is 4.15. The molecule has 2 nitrogen and oxygen atoms in total. The van der Waals surface area contributed by atoms with Crippen LogP contribution in [0.2, 0.25) is 0 Å². The standard InChI is InChI=1S/C14H27NOS/c1-11(2)15-12(13(3,4)5)10-17-14(15)6-8-16-9-7-14/h11-12H,6-10H2,1-5H3/t12-/m0/s1. The molecule has 0 aliphatic carbocycles. The first kappa shape index (κ1) is 13.7. The third kappa shape index (κ3) is 2.52. The Morgan fingerprint density at radius 2 is 1.82 bits per heavy atom. The largest absolute Gasteiger partial charge is 0.381 e.